The van der Waals surface area contributed by atoms with Crippen LogP contribution in [-0.4, -0.2) is 0 Å². The second-order valence-corrected chi connectivity index (χ2v) is 4.21. The zero-order valence-electron chi connectivity index (χ0n) is 9.22. The number of benzene rings is 1. The molecule has 0 heteroatoms. The lowest BCUT2D eigenvalue weighted by atomic mass is 9.96. The molecule has 0 aliphatic rings. The Morgan fingerprint density at radius 3 is 2.08 bits per heavy atom. The van der Waals surface area contributed by atoms with E-state index < -0.39 is 0 Å². The molecule has 1 aromatic carbocycles. The third-order valence-electron chi connectivity index (χ3n) is 2.56. The van der Waals surface area contributed by atoms with E-state index in [1.807, 2.05) is 0 Å². The van der Waals surface area contributed by atoms with Gasteiger partial charge < -0.3 is 0 Å². The van der Waals surface area contributed by atoms with Gasteiger partial charge in [-0.05, 0) is 31.7 Å². The summed E-state index contributed by atoms with van der Waals surface area (Å²) < 4.78 is 0. The van der Waals surface area contributed by atoms with E-state index in [1.54, 1.807) is 0 Å². The van der Waals surface area contributed by atoms with Crippen LogP contribution in [-0.2, 0) is 6.42 Å². The molecular formula is C13H20. The van der Waals surface area contributed by atoms with Crippen LogP contribution in [0.15, 0.2) is 18.2 Å². The van der Waals surface area contributed by atoms with Crippen molar-refractivity contribution in [1.82, 2.24) is 0 Å². The van der Waals surface area contributed by atoms with Crippen LogP contribution in [0.5, 0.6) is 0 Å². The van der Waals surface area contributed by atoms with Crippen LogP contribution in [0.3, 0.4) is 0 Å². The Morgan fingerprint density at radius 1 is 1.08 bits per heavy atom. The summed E-state index contributed by atoms with van der Waals surface area (Å²) in [6.45, 7) is 8.92. The minimum Gasteiger partial charge on any atom is -0.0651 e. The summed E-state index contributed by atoms with van der Waals surface area (Å²) >= 11 is 0. The van der Waals surface area contributed by atoms with E-state index in [0.29, 0.717) is 0 Å². The lowest BCUT2D eigenvalue weighted by Crippen LogP contribution is -1.98. The predicted octanol–water partition coefficient (Wildman–Crippen LogP) is 3.89. The average Bonchev–Trinajstić information content (AvgIpc) is 2.02. The second-order valence-electron chi connectivity index (χ2n) is 4.21. The van der Waals surface area contributed by atoms with Gasteiger partial charge in [0.25, 0.3) is 0 Å². The fourth-order valence-electron chi connectivity index (χ4n) is 1.73. The first-order valence-electron chi connectivity index (χ1n) is 5.19. The maximum Gasteiger partial charge on any atom is -0.0253 e. The van der Waals surface area contributed by atoms with Crippen molar-refractivity contribution in [2.24, 2.45) is 5.92 Å². The van der Waals surface area contributed by atoms with Crippen molar-refractivity contribution in [2.45, 2.75) is 40.5 Å². The molecule has 1 unspecified atom stereocenters. The van der Waals surface area contributed by atoms with Crippen LogP contribution in [0.1, 0.15) is 37.0 Å². The Balaban J connectivity index is 2.77. The first-order valence-corrected chi connectivity index (χ1v) is 5.19. The molecular weight excluding hydrogens is 156 g/mol. The number of aryl methyl sites for hydroxylation is 2. The summed E-state index contributed by atoms with van der Waals surface area (Å²) in [4.78, 5) is 0. The van der Waals surface area contributed by atoms with E-state index in [1.165, 1.54) is 29.5 Å². The van der Waals surface area contributed by atoms with E-state index in [2.05, 4.69) is 45.9 Å². The van der Waals surface area contributed by atoms with Gasteiger partial charge in [-0.15, -0.1) is 0 Å². The van der Waals surface area contributed by atoms with Crippen LogP contribution < -0.4 is 0 Å². The lowest BCUT2D eigenvalue weighted by molar-refractivity contribution is 0.560. The molecule has 0 amide bonds. The predicted molar refractivity (Wildman–Crippen MR) is 59.1 cm³/mol. The van der Waals surface area contributed by atoms with Crippen LogP contribution in [0.4, 0.5) is 0 Å². The van der Waals surface area contributed by atoms with Gasteiger partial charge in [0.05, 0.1) is 0 Å². The first kappa shape index (κ1) is 10.3. The minimum atomic E-state index is 0.807. The van der Waals surface area contributed by atoms with Gasteiger partial charge >= 0.3 is 0 Å². The molecule has 13 heavy (non-hydrogen) atoms. The van der Waals surface area contributed by atoms with E-state index in [4.69, 9.17) is 0 Å². The Labute approximate surface area is 82.0 Å². The highest BCUT2D eigenvalue weighted by atomic mass is 14.1. The maximum absolute atomic E-state index is 2.32. The molecule has 0 bridgehead atoms. The molecule has 0 aliphatic heterocycles. The molecule has 72 valence electrons. The van der Waals surface area contributed by atoms with Crippen molar-refractivity contribution in [3.05, 3.63) is 34.9 Å². The molecule has 0 saturated carbocycles. The van der Waals surface area contributed by atoms with Gasteiger partial charge in [0, 0.05) is 0 Å². The Morgan fingerprint density at radius 2 is 1.62 bits per heavy atom. The summed E-state index contributed by atoms with van der Waals surface area (Å²) in [6.07, 6.45) is 2.49. The van der Waals surface area contributed by atoms with Crippen molar-refractivity contribution < 1.29 is 0 Å². The van der Waals surface area contributed by atoms with Crippen molar-refractivity contribution in [2.75, 3.05) is 0 Å². The highest BCUT2D eigenvalue weighted by molar-refractivity contribution is 5.28. The van der Waals surface area contributed by atoms with E-state index in [-0.39, 0.29) is 0 Å². The van der Waals surface area contributed by atoms with E-state index in [0.717, 1.165) is 5.92 Å². The second kappa shape index (κ2) is 4.45. The van der Waals surface area contributed by atoms with Crippen molar-refractivity contribution in [3.63, 3.8) is 0 Å². The molecule has 0 nitrogen and oxygen atoms in total. The molecule has 1 aromatic rings. The molecule has 0 heterocycles. The van der Waals surface area contributed by atoms with Gasteiger partial charge in [0.2, 0.25) is 0 Å². The van der Waals surface area contributed by atoms with Gasteiger partial charge in [-0.2, -0.15) is 0 Å². The van der Waals surface area contributed by atoms with Crippen molar-refractivity contribution in [3.8, 4) is 0 Å². The highest BCUT2D eigenvalue weighted by Gasteiger charge is 2.01. The third-order valence-corrected chi connectivity index (χ3v) is 2.56. The third kappa shape index (κ3) is 3.22. The molecule has 0 fully saturated rings. The number of hydrogen-bond donors (Lipinski definition) is 0. The fraction of sp³-hybridized carbons (Fsp3) is 0.538. The summed E-state index contributed by atoms with van der Waals surface area (Å²) in [7, 11) is 0. The zero-order chi connectivity index (χ0) is 9.84. The SMILES string of the molecule is CCC(C)Cc1cc(C)cc(C)c1. The molecule has 0 saturated heterocycles. The van der Waals surface area contributed by atoms with Crippen LogP contribution in [0.2, 0.25) is 0 Å². The summed E-state index contributed by atoms with van der Waals surface area (Å²) in [5.74, 6) is 0.807. The van der Waals surface area contributed by atoms with Gasteiger partial charge in [0.1, 0.15) is 0 Å². The monoisotopic (exact) mass is 176 g/mol. The quantitative estimate of drug-likeness (QED) is 0.655. The van der Waals surface area contributed by atoms with Gasteiger partial charge in [-0.1, -0.05) is 49.6 Å². The fourth-order valence-corrected chi connectivity index (χ4v) is 1.73. The van der Waals surface area contributed by atoms with Crippen LogP contribution >= 0.6 is 0 Å². The normalized spacial score (nSPS) is 12.9. The van der Waals surface area contributed by atoms with Crippen LogP contribution in [0.25, 0.3) is 0 Å². The molecule has 0 N–H and O–H groups in total. The standard InChI is InChI=1S/C13H20/c1-5-10(2)7-13-8-11(3)6-12(4)9-13/h6,8-10H,5,7H2,1-4H3. The van der Waals surface area contributed by atoms with Crippen LogP contribution in [0, 0.1) is 19.8 Å². The molecule has 0 aliphatic carbocycles. The molecule has 0 aromatic heterocycles. The Kier molecular flexibility index (Phi) is 3.53. The molecule has 1 atom stereocenters. The summed E-state index contributed by atoms with van der Waals surface area (Å²) in [6, 6.07) is 6.85. The topological polar surface area (TPSA) is 0 Å². The lowest BCUT2D eigenvalue weighted by Gasteiger charge is -2.09. The smallest absolute Gasteiger partial charge is 0.0253 e. The molecule has 1 rings (SSSR count). The zero-order valence-corrected chi connectivity index (χ0v) is 9.22. The first-order chi connectivity index (χ1) is 6.11. The highest BCUT2D eigenvalue weighted by Crippen LogP contribution is 2.14. The van der Waals surface area contributed by atoms with E-state index >= 15 is 0 Å². The van der Waals surface area contributed by atoms with Crippen molar-refractivity contribution >= 4 is 0 Å². The minimum absolute atomic E-state index is 0.807. The van der Waals surface area contributed by atoms with E-state index in [9.17, 15) is 0 Å². The molecule has 0 radical (unpaired) electrons. The van der Waals surface area contributed by atoms with Crippen molar-refractivity contribution in [1.29, 1.82) is 0 Å². The van der Waals surface area contributed by atoms with Gasteiger partial charge in [-0.3, -0.25) is 0 Å². The van der Waals surface area contributed by atoms with Gasteiger partial charge in [-0.25, -0.2) is 0 Å². The number of rotatable bonds is 3. The summed E-state index contributed by atoms with van der Waals surface area (Å²) in [5, 5.41) is 0. The average molecular weight is 176 g/mol. The number of hydrogen-bond acceptors (Lipinski definition) is 0. The van der Waals surface area contributed by atoms with Gasteiger partial charge in [0.15, 0.2) is 0 Å². The largest absolute Gasteiger partial charge is 0.0651 e. The maximum atomic E-state index is 2.32. The summed E-state index contributed by atoms with van der Waals surface area (Å²) in [5.41, 5.74) is 4.27. The Hall–Kier alpha value is -0.780. The molecule has 0 spiro atoms. The Bertz CT molecular complexity index is 253.